The van der Waals surface area contributed by atoms with Gasteiger partial charge in [-0.2, -0.15) is 0 Å². The number of hydrogen-bond acceptors (Lipinski definition) is 7. The quantitative estimate of drug-likeness (QED) is 0.606. The van der Waals surface area contributed by atoms with Gasteiger partial charge in [-0.15, -0.1) is 0 Å². The Hall–Kier alpha value is -2.96. The van der Waals surface area contributed by atoms with E-state index < -0.39 is 0 Å². The molecule has 1 saturated heterocycles. The van der Waals surface area contributed by atoms with Gasteiger partial charge in [-0.1, -0.05) is 41.9 Å². The summed E-state index contributed by atoms with van der Waals surface area (Å²) in [5.41, 5.74) is 4.15. The number of aromatic nitrogens is 3. The van der Waals surface area contributed by atoms with E-state index in [1.807, 2.05) is 38.1 Å². The van der Waals surface area contributed by atoms with Gasteiger partial charge in [0.25, 0.3) is 0 Å². The standard InChI is InChI=1S/C22H26N4O3/c1-4-17-23-19-18(15-10-8-14(3)9-11-15)25-29-20(19)21(24-17)26-12-6-7-16(13-26)22(27)28-5-2/h8-11,16H,4-7,12-13H2,1-3H3. The molecule has 3 heterocycles. The summed E-state index contributed by atoms with van der Waals surface area (Å²) in [5.74, 6) is 1.16. The van der Waals surface area contributed by atoms with Crippen molar-refractivity contribution in [2.45, 2.75) is 40.0 Å². The molecule has 0 N–H and O–H groups in total. The SMILES string of the molecule is CCOC(=O)C1CCCN(c2nc(CC)nc3c(-c4ccc(C)cc4)noc23)C1. The van der Waals surface area contributed by atoms with Crippen molar-refractivity contribution in [1.29, 1.82) is 0 Å². The first-order valence-electron chi connectivity index (χ1n) is 10.3. The molecular weight excluding hydrogens is 368 g/mol. The highest BCUT2D eigenvalue weighted by molar-refractivity contribution is 5.94. The molecule has 0 amide bonds. The van der Waals surface area contributed by atoms with Crippen LogP contribution in [0.15, 0.2) is 28.8 Å². The van der Waals surface area contributed by atoms with E-state index in [1.54, 1.807) is 0 Å². The highest BCUT2D eigenvalue weighted by Crippen LogP contribution is 2.34. The van der Waals surface area contributed by atoms with Crippen LogP contribution in [0.2, 0.25) is 0 Å². The average molecular weight is 394 g/mol. The Kier molecular flexibility index (Phi) is 5.47. The first-order chi connectivity index (χ1) is 14.1. The molecule has 29 heavy (non-hydrogen) atoms. The average Bonchev–Trinajstić information content (AvgIpc) is 3.18. The first kappa shape index (κ1) is 19.4. The third-order valence-corrected chi connectivity index (χ3v) is 5.33. The predicted molar refractivity (Wildman–Crippen MR) is 111 cm³/mol. The summed E-state index contributed by atoms with van der Waals surface area (Å²) in [6, 6.07) is 8.15. The molecule has 4 rings (SSSR count). The van der Waals surface area contributed by atoms with Crippen LogP contribution in [0.4, 0.5) is 5.82 Å². The second-order valence-electron chi connectivity index (χ2n) is 7.43. The molecule has 2 aromatic heterocycles. The molecular formula is C22H26N4O3. The number of ether oxygens (including phenoxy) is 1. The third-order valence-electron chi connectivity index (χ3n) is 5.33. The van der Waals surface area contributed by atoms with Crippen molar-refractivity contribution >= 4 is 22.9 Å². The van der Waals surface area contributed by atoms with Crippen molar-refractivity contribution in [3.8, 4) is 11.3 Å². The van der Waals surface area contributed by atoms with Crippen molar-refractivity contribution in [2.24, 2.45) is 5.92 Å². The van der Waals surface area contributed by atoms with Crippen LogP contribution >= 0.6 is 0 Å². The van der Waals surface area contributed by atoms with Crippen LogP contribution in [0.5, 0.6) is 0 Å². The maximum absolute atomic E-state index is 12.3. The lowest BCUT2D eigenvalue weighted by Crippen LogP contribution is -2.40. The molecule has 0 aliphatic carbocycles. The fourth-order valence-corrected chi connectivity index (χ4v) is 3.76. The normalized spacial score (nSPS) is 16.9. The summed E-state index contributed by atoms with van der Waals surface area (Å²) in [6.07, 6.45) is 2.43. The van der Waals surface area contributed by atoms with E-state index in [0.29, 0.717) is 36.5 Å². The van der Waals surface area contributed by atoms with Gasteiger partial charge in [0.05, 0.1) is 12.5 Å². The maximum Gasteiger partial charge on any atom is 0.310 e. The van der Waals surface area contributed by atoms with Crippen molar-refractivity contribution in [2.75, 3.05) is 24.6 Å². The second kappa shape index (κ2) is 8.19. The number of carbonyl (C=O) groups is 1. The van der Waals surface area contributed by atoms with Crippen LogP contribution < -0.4 is 4.90 Å². The molecule has 1 atom stereocenters. The van der Waals surface area contributed by atoms with Crippen LogP contribution in [-0.4, -0.2) is 40.8 Å². The van der Waals surface area contributed by atoms with Crippen molar-refractivity contribution in [1.82, 2.24) is 15.1 Å². The van der Waals surface area contributed by atoms with Crippen LogP contribution in [-0.2, 0) is 16.0 Å². The number of hydrogen-bond donors (Lipinski definition) is 0. The molecule has 1 unspecified atom stereocenters. The molecule has 7 heteroatoms. The Morgan fingerprint density at radius 3 is 2.76 bits per heavy atom. The fourth-order valence-electron chi connectivity index (χ4n) is 3.76. The molecule has 1 aliphatic rings. The van der Waals surface area contributed by atoms with E-state index in [-0.39, 0.29) is 11.9 Å². The Bertz CT molecular complexity index is 1010. The van der Waals surface area contributed by atoms with Crippen molar-refractivity contribution in [3.63, 3.8) is 0 Å². The second-order valence-corrected chi connectivity index (χ2v) is 7.43. The molecule has 152 valence electrons. The minimum atomic E-state index is -0.154. The lowest BCUT2D eigenvalue weighted by Gasteiger charge is -2.32. The van der Waals surface area contributed by atoms with Gasteiger partial charge in [-0.3, -0.25) is 4.79 Å². The number of rotatable bonds is 5. The third kappa shape index (κ3) is 3.81. The Balaban J connectivity index is 1.74. The van der Waals surface area contributed by atoms with E-state index >= 15 is 0 Å². The van der Waals surface area contributed by atoms with Crippen LogP contribution in [0.25, 0.3) is 22.4 Å². The summed E-state index contributed by atoms with van der Waals surface area (Å²) in [6.45, 7) is 7.69. The number of benzene rings is 1. The number of piperidine rings is 1. The van der Waals surface area contributed by atoms with Gasteiger partial charge in [-0.25, -0.2) is 9.97 Å². The first-order valence-corrected chi connectivity index (χ1v) is 10.3. The number of anilines is 1. The van der Waals surface area contributed by atoms with Gasteiger partial charge in [0.2, 0.25) is 5.58 Å². The molecule has 0 saturated carbocycles. The maximum atomic E-state index is 12.3. The molecule has 0 bridgehead atoms. The summed E-state index contributed by atoms with van der Waals surface area (Å²) in [4.78, 5) is 23.8. The van der Waals surface area contributed by atoms with Crippen LogP contribution in [0.1, 0.15) is 38.1 Å². The molecule has 1 aliphatic heterocycles. The summed E-state index contributed by atoms with van der Waals surface area (Å²) < 4.78 is 11.0. The monoisotopic (exact) mass is 394 g/mol. The Morgan fingerprint density at radius 2 is 2.03 bits per heavy atom. The number of aryl methyl sites for hydroxylation is 2. The van der Waals surface area contributed by atoms with Gasteiger partial charge in [0.15, 0.2) is 5.82 Å². The highest BCUT2D eigenvalue weighted by Gasteiger charge is 2.30. The lowest BCUT2D eigenvalue weighted by molar-refractivity contribution is -0.148. The zero-order valence-electron chi connectivity index (χ0n) is 17.1. The Morgan fingerprint density at radius 1 is 1.24 bits per heavy atom. The number of nitrogens with zero attached hydrogens (tertiary/aromatic N) is 4. The molecule has 3 aromatic rings. The molecule has 0 radical (unpaired) electrons. The van der Waals surface area contributed by atoms with Gasteiger partial charge < -0.3 is 14.2 Å². The van der Waals surface area contributed by atoms with Gasteiger partial charge >= 0.3 is 5.97 Å². The minimum Gasteiger partial charge on any atom is -0.466 e. The van der Waals surface area contributed by atoms with E-state index in [0.717, 1.165) is 36.5 Å². The molecule has 1 fully saturated rings. The van der Waals surface area contributed by atoms with Crippen LogP contribution in [0, 0.1) is 12.8 Å². The summed E-state index contributed by atoms with van der Waals surface area (Å²) in [7, 11) is 0. The summed E-state index contributed by atoms with van der Waals surface area (Å²) in [5, 5.41) is 4.31. The lowest BCUT2D eigenvalue weighted by atomic mass is 9.98. The smallest absolute Gasteiger partial charge is 0.310 e. The zero-order valence-corrected chi connectivity index (χ0v) is 17.1. The zero-order chi connectivity index (χ0) is 20.4. The Labute approximate surface area is 170 Å². The number of carbonyl (C=O) groups excluding carboxylic acids is 1. The predicted octanol–water partition coefficient (Wildman–Crippen LogP) is 3.94. The van der Waals surface area contributed by atoms with Gasteiger partial charge in [-0.05, 0) is 26.7 Å². The molecule has 1 aromatic carbocycles. The minimum absolute atomic E-state index is 0.142. The van der Waals surface area contributed by atoms with Gasteiger partial charge in [0.1, 0.15) is 17.0 Å². The largest absolute Gasteiger partial charge is 0.466 e. The van der Waals surface area contributed by atoms with E-state index in [1.165, 1.54) is 5.56 Å². The highest BCUT2D eigenvalue weighted by atomic mass is 16.5. The van der Waals surface area contributed by atoms with Crippen LogP contribution in [0.3, 0.4) is 0 Å². The topological polar surface area (TPSA) is 81.4 Å². The van der Waals surface area contributed by atoms with Gasteiger partial charge in [0, 0.05) is 25.1 Å². The fraction of sp³-hybridized carbons (Fsp3) is 0.455. The number of fused-ring (bicyclic) bond motifs is 1. The number of esters is 1. The van der Waals surface area contributed by atoms with E-state index in [9.17, 15) is 4.79 Å². The molecule has 0 spiro atoms. The van der Waals surface area contributed by atoms with Crippen molar-refractivity contribution < 1.29 is 14.1 Å². The van der Waals surface area contributed by atoms with E-state index in [2.05, 4.69) is 17.0 Å². The summed E-state index contributed by atoms with van der Waals surface area (Å²) >= 11 is 0. The van der Waals surface area contributed by atoms with E-state index in [4.69, 9.17) is 19.2 Å². The molecule has 7 nitrogen and oxygen atoms in total. The van der Waals surface area contributed by atoms with Crippen molar-refractivity contribution in [3.05, 3.63) is 35.7 Å².